The zero-order chi connectivity index (χ0) is 44.3. The third-order valence-electron chi connectivity index (χ3n) is 10.2. The summed E-state index contributed by atoms with van der Waals surface area (Å²) in [6, 6.07) is 44.7. The van der Waals surface area contributed by atoms with Gasteiger partial charge in [-0.3, -0.25) is 4.90 Å². The van der Waals surface area contributed by atoms with Crippen molar-refractivity contribution in [2.75, 3.05) is 19.7 Å². The Balaban J connectivity index is 0.000000366. The topological polar surface area (TPSA) is 12.5 Å². The molecule has 0 amide bonds. The van der Waals surface area contributed by atoms with Gasteiger partial charge in [0, 0.05) is 18.1 Å². The molecule has 1 aliphatic heterocycles. The van der Waals surface area contributed by atoms with Crippen LogP contribution >= 0.6 is 11.6 Å². The highest BCUT2D eigenvalue weighted by Gasteiger charge is 2.13. The van der Waals surface area contributed by atoms with Crippen molar-refractivity contribution >= 4 is 17.7 Å². The lowest BCUT2D eigenvalue weighted by molar-refractivity contribution is 0.268. The standard InChI is InChI=1S/C11H15N.C11H14.C9H12O.C9H12.C8H9Cl.C8H9F.CH4/c1-2-12-8-7-10-5-3-4-6-11(10)9-12;1-3-5-11-8-6-10(4-2)7-9-11;1-3-10-9-6-4-8(2)5-7-9;1-7-4-5-8(2)9(3)6-7;1-6-3-4-8(9)5-7(6)2;1-2-7-5-3-4-6-8(7)9;/h3-6H,2,7-9H2,1H3;3,5-9H,4H2,1-2H3;4-7H,3H2,1-2H3;4-6H,1-3H3;3-5H,1-2H3;3-6H,2H2,1H3;1H4. The maximum absolute atomic E-state index is 12.6. The van der Waals surface area contributed by atoms with Crippen molar-refractivity contribution < 1.29 is 9.13 Å². The van der Waals surface area contributed by atoms with Gasteiger partial charge >= 0.3 is 0 Å². The number of ether oxygens (including phenoxy) is 1. The maximum atomic E-state index is 12.6. The normalized spacial score (nSPS) is 11.2. The lowest BCUT2D eigenvalue weighted by Gasteiger charge is -2.27. The molecule has 7 rings (SSSR count). The third-order valence-corrected chi connectivity index (χ3v) is 10.4. The molecule has 6 aromatic carbocycles. The molecule has 0 spiro atoms. The molecule has 4 heteroatoms. The Labute approximate surface area is 376 Å². The Morgan fingerprint density at radius 2 is 1.20 bits per heavy atom. The van der Waals surface area contributed by atoms with E-state index in [-0.39, 0.29) is 13.2 Å². The van der Waals surface area contributed by atoms with E-state index < -0.39 is 0 Å². The fourth-order valence-electron chi connectivity index (χ4n) is 6.06. The summed E-state index contributed by atoms with van der Waals surface area (Å²) in [5.74, 6) is 0.855. The summed E-state index contributed by atoms with van der Waals surface area (Å²) in [7, 11) is 0. The number of aryl methyl sites for hydroxylation is 8. The molecule has 1 aliphatic rings. The molecule has 0 fully saturated rings. The van der Waals surface area contributed by atoms with Gasteiger partial charge in [-0.05, 0) is 162 Å². The summed E-state index contributed by atoms with van der Waals surface area (Å²) < 4.78 is 17.9. The zero-order valence-electron chi connectivity index (χ0n) is 38.4. The lowest BCUT2D eigenvalue weighted by Crippen LogP contribution is -2.29. The fourth-order valence-corrected chi connectivity index (χ4v) is 6.29. The number of nitrogens with zero attached hydrogens (tertiary/aromatic N) is 1. The molecule has 0 saturated carbocycles. The van der Waals surface area contributed by atoms with E-state index in [0.717, 1.165) is 42.3 Å². The van der Waals surface area contributed by atoms with Gasteiger partial charge in [0.05, 0.1) is 6.61 Å². The number of allylic oxidation sites excluding steroid dienone is 1. The molecule has 0 atom stereocenters. The summed E-state index contributed by atoms with van der Waals surface area (Å²) in [5.41, 5.74) is 14.5. The lowest BCUT2D eigenvalue weighted by atomic mass is 10.0. The van der Waals surface area contributed by atoms with Crippen LogP contribution in [0, 0.1) is 47.4 Å². The Kier molecular flexibility index (Phi) is 27.4. The number of fused-ring (bicyclic) bond motifs is 1. The van der Waals surface area contributed by atoms with E-state index in [4.69, 9.17) is 16.3 Å². The van der Waals surface area contributed by atoms with Crippen molar-refractivity contribution in [2.24, 2.45) is 0 Å². The predicted molar refractivity (Wildman–Crippen MR) is 268 cm³/mol. The third kappa shape index (κ3) is 21.9. The number of rotatable bonds is 6. The van der Waals surface area contributed by atoms with Crippen LogP contribution in [-0.2, 0) is 25.8 Å². The Morgan fingerprint density at radius 3 is 1.69 bits per heavy atom. The van der Waals surface area contributed by atoms with E-state index in [0.29, 0.717) is 0 Å². The molecule has 0 N–H and O–H groups in total. The minimum absolute atomic E-state index is 0. The molecular formula is C57H75ClFNO. The van der Waals surface area contributed by atoms with Crippen LogP contribution < -0.4 is 4.74 Å². The molecule has 0 bridgehead atoms. The van der Waals surface area contributed by atoms with Gasteiger partial charge in [0.2, 0.25) is 0 Å². The highest BCUT2D eigenvalue weighted by atomic mass is 35.5. The Hall–Kier alpha value is -4.96. The molecule has 0 unspecified atom stereocenters. The second kappa shape index (κ2) is 31.0. The van der Waals surface area contributed by atoms with Gasteiger partial charge in [0.15, 0.2) is 0 Å². The van der Waals surface area contributed by atoms with E-state index in [1.54, 1.807) is 17.7 Å². The fraction of sp³-hybridized carbons (Fsp3) is 0.333. The minimum Gasteiger partial charge on any atom is -0.494 e. The molecule has 61 heavy (non-hydrogen) atoms. The highest BCUT2D eigenvalue weighted by molar-refractivity contribution is 6.30. The van der Waals surface area contributed by atoms with Crippen LogP contribution in [0.2, 0.25) is 5.02 Å². The largest absolute Gasteiger partial charge is 0.494 e. The molecule has 0 saturated heterocycles. The number of likely N-dealkylation sites (N-methyl/N-ethyl adjacent to an activating group) is 1. The molecule has 2 nitrogen and oxygen atoms in total. The van der Waals surface area contributed by atoms with Gasteiger partial charge in [-0.1, -0.05) is 166 Å². The van der Waals surface area contributed by atoms with Gasteiger partial charge < -0.3 is 4.74 Å². The molecule has 6 aromatic rings. The van der Waals surface area contributed by atoms with E-state index in [1.807, 2.05) is 69.3 Å². The first-order valence-electron chi connectivity index (χ1n) is 21.5. The van der Waals surface area contributed by atoms with Gasteiger partial charge in [-0.25, -0.2) is 4.39 Å². The Morgan fingerprint density at radius 1 is 0.623 bits per heavy atom. The molecule has 0 radical (unpaired) electrons. The van der Waals surface area contributed by atoms with Crippen molar-refractivity contribution in [3.8, 4) is 5.75 Å². The van der Waals surface area contributed by atoms with Crippen molar-refractivity contribution in [3.63, 3.8) is 0 Å². The molecule has 328 valence electrons. The Bertz CT molecular complexity index is 2050. The molecule has 1 heterocycles. The molecular weight excluding hydrogens is 769 g/mol. The smallest absolute Gasteiger partial charge is 0.126 e. The number of hydrogen-bond donors (Lipinski definition) is 0. The van der Waals surface area contributed by atoms with Crippen LogP contribution in [0.15, 0.2) is 140 Å². The second-order valence-electron chi connectivity index (χ2n) is 15.0. The van der Waals surface area contributed by atoms with Crippen molar-refractivity contribution in [3.05, 3.63) is 212 Å². The highest BCUT2D eigenvalue weighted by Crippen LogP contribution is 2.18. The zero-order valence-corrected chi connectivity index (χ0v) is 39.2. The second-order valence-corrected chi connectivity index (χ2v) is 15.4. The summed E-state index contributed by atoms with van der Waals surface area (Å²) in [6.07, 6.45) is 7.28. The van der Waals surface area contributed by atoms with Crippen LogP contribution in [-0.4, -0.2) is 24.6 Å². The predicted octanol–water partition coefficient (Wildman–Crippen LogP) is 16.3. The van der Waals surface area contributed by atoms with Crippen molar-refractivity contribution in [2.45, 2.75) is 109 Å². The van der Waals surface area contributed by atoms with Gasteiger partial charge in [-0.2, -0.15) is 0 Å². The number of halogens is 2. The number of benzene rings is 6. The number of hydrogen-bond acceptors (Lipinski definition) is 2. The van der Waals surface area contributed by atoms with Crippen LogP contribution in [0.3, 0.4) is 0 Å². The van der Waals surface area contributed by atoms with Crippen molar-refractivity contribution in [1.82, 2.24) is 4.90 Å². The van der Waals surface area contributed by atoms with Crippen LogP contribution in [0.4, 0.5) is 4.39 Å². The average Bonchev–Trinajstić information content (AvgIpc) is 3.26. The summed E-state index contributed by atoms with van der Waals surface area (Å²) in [5, 5.41) is 0.818. The van der Waals surface area contributed by atoms with Crippen LogP contribution in [0.5, 0.6) is 5.75 Å². The van der Waals surface area contributed by atoms with Crippen LogP contribution in [0.25, 0.3) is 6.08 Å². The first-order chi connectivity index (χ1) is 28.8. The average molecular weight is 845 g/mol. The van der Waals surface area contributed by atoms with Crippen LogP contribution in [0.1, 0.15) is 103 Å². The van der Waals surface area contributed by atoms with Crippen molar-refractivity contribution in [1.29, 1.82) is 0 Å². The summed E-state index contributed by atoms with van der Waals surface area (Å²) in [6.45, 7) is 27.2. The quantitative estimate of drug-likeness (QED) is 0.166. The van der Waals surface area contributed by atoms with E-state index >= 15 is 0 Å². The van der Waals surface area contributed by atoms with E-state index in [9.17, 15) is 4.39 Å². The SMILES string of the molecule is C.CC=Cc1ccc(CC)cc1.CCN1CCc2ccccc2C1.CCOc1ccc(C)cc1.CCc1ccccc1F.Cc1ccc(C)c(C)c1.Cc1ccc(Cl)cc1C. The van der Waals surface area contributed by atoms with Gasteiger partial charge in [-0.15, -0.1) is 0 Å². The van der Waals surface area contributed by atoms with Gasteiger partial charge in [0.25, 0.3) is 0 Å². The van der Waals surface area contributed by atoms with Gasteiger partial charge in [0.1, 0.15) is 11.6 Å². The molecule has 0 aromatic heterocycles. The minimum atomic E-state index is -0.0972. The summed E-state index contributed by atoms with van der Waals surface area (Å²) in [4.78, 5) is 2.49. The maximum Gasteiger partial charge on any atom is 0.126 e. The first-order valence-corrected chi connectivity index (χ1v) is 21.9. The summed E-state index contributed by atoms with van der Waals surface area (Å²) >= 11 is 5.72. The van der Waals surface area contributed by atoms with E-state index in [2.05, 4.69) is 139 Å². The first kappa shape index (κ1) is 54.1. The monoisotopic (exact) mass is 844 g/mol. The van der Waals surface area contributed by atoms with E-state index in [1.165, 1.54) is 75.6 Å². The molecule has 0 aliphatic carbocycles.